The number of ether oxygens (including phenoxy) is 2. The minimum atomic E-state index is -4.56. The summed E-state index contributed by atoms with van der Waals surface area (Å²) in [5, 5.41) is 19.5. The molecule has 0 heterocycles. The van der Waals surface area contributed by atoms with E-state index in [0.717, 1.165) is 17.7 Å². The van der Waals surface area contributed by atoms with E-state index in [1.54, 1.807) is 45.0 Å². The summed E-state index contributed by atoms with van der Waals surface area (Å²) in [6.07, 6.45) is -7.29. The number of benzene rings is 2. The molecule has 0 bridgehead atoms. The van der Waals surface area contributed by atoms with E-state index < -0.39 is 41.6 Å². The van der Waals surface area contributed by atoms with Crippen LogP contribution in [0.3, 0.4) is 0 Å². The lowest BCUT2D eigenvalue weighted by atomic mass is 10.0. The molecule has 2 atom stereocenters. The predicted octanol–water partition coefficient (Wildman–Crippen LogP) is 5.07. The van der Waals surface area contributed by atoms with E-state index in [9.17, 15) is 27.9 Å². The molecule has 7 nitrogen and oxygen atoms in total. The van der Waals surface area contributed by atoms with Gasteiger partial charge in [-0.05, 0) is 69.5 Å². The standard InChI is InChI=1S/C25H30F3NO6/c1-16(22(31)32)34-20-10-8-17(9-11-20)12-13-29(23(33)35-24(2,3)4)15-21(30)18-6-5-7-19(14-18)25(26,27)28/h5-11,14,16,21,30H,12-13,15H2,1-4H3,(H,31,32)/t16-,21?/m1/s1. The SMILES string of the molecule is C[C@@H](Oc1ccc(CCN(CC(O)c2cccc(C(F)(F)F)c2)C(=O)OC(C)(C)C)cc1)C(=O)O. The Hall–Kier alpha value is -3.27. The van der Waals surface area contributed by atoms with Gasteiger partial charge >= 0.3 is 18.2 Å². The topological polar surface area (TPSA) is 96.3 Å². The third-order valence-electron chi connectivity index (χ3n) is 4.90. The molecule has 0 saturated heterocycles. The molecule has 10 heteroatoms. The van der Waals surface area contributed by atoms with E-state index in [1.165, 1.54) is 24.0 Å². The molecule has 2 aromatic rings. The highest BCUT2D eigenvalue weighted by molar-refractivity contribution is 5.72. The lowest BCUT2D eigenvalue weighted by Crippen LogP contribution is -2.40. The number of carboxylic acids is 1. The van der Waals surface area contributed by atoms with Crippen molar-refractivity contribution in [2.75, 3.05) is 13.1 Å². The number of halogens is 3. The molecule has 0 spiro atoms. The Morgan fingerprint density at radius 3 is 2.23 bits per heavy atom. The molecule has 35 heavy (non-hydrogen) atoms. The fourth-order valence-electron chi connectivity index (χ4n) is 3.07. The van der Waals surface area contributed by atoms with Crippen molar-refractivity contribution in [2.24, 2.45) is 0 Å². The molecule has 0 aliphatic carbocycles. The van der Waals surface area contributed by atoms with Crippen LogP contribution >= 0.6 is 0 Å². The monoisotopic (exact) mass is 497 g/mol. The molecule has 2 N–H and O–H groups in total. The highest BCUT2D eigenvalue weighted by Crippen LogP contribution is 2.31. The zero-order chi connectivity index (χ0) is 26.4. The molecular formula is C25H30F3NO6. The molecule has 0 radical (unpaired) electrons. The molecule has 0 aliphatic heterocycles. The van der Waals surface area contributed by atoms with E-state index in [1.807, 2.05) is 0 Å². The Morgan fingerprint density at radius 2 is 1.69 bits per heavy atom. The lowest BCUT2D eigenvalue weighted by molar-refractivity contribution is -0.144. The molecule has 1 amide bonds. The number of carbonyl (C=O) groups is 2. The molecular weight excluding hydrogens is 467 g/mol. The number of carbonyl (C=O) groups excluding carboxylic acids is 1. The number of aliphatic hydroxyl groups excluding tert-OH is 1. The van der Waals surface area contributed by atoms with Gasteiger partial charge in [0, 0.05) is 6.54 Å². The number of carboxylic acid groups (broad SMARTS) is 1. The zero-order valence-corrected chi connectivity index (χ0v) is 20.0. The van der Waals surface area contributed by atoms with Crippen molar-refractivity contribution in [3.05, 3.63) is 65.2 Å². The third kappa shape index (κ3) is 9.12. The van der Waals surface area contributed by atoms with Gasteiger partial charge in [-0.3, -0.25) is 0 Å². The summed E-state index contributed by atoms with van der Waals surface area (Å²) in [7, 11) is 0. The maximum absolute atomic E-state index is 13.0. The number of hydrogen-bond donors (Lipinski definition) is 2. The average Bonchev–Trinajstić information content (AvgIpc) is 2.75. The first-order valence-electron chi connectivity index (χ1n) is 11.0. The van der Waals surface area contributed by atoms with Crippen molar-refractivity contribution in [3.63, 3.8) is 0 Å². The summed E-state index contributed by atoms with van der Waals surface area (Å²) in [5.74, 6) is -0.728. The van der Waals surface area contributed by atoms with Crippen LogP contribution in [0.15, 0.2) is 48.5 Å². The summed E-state index contributed by atoms with van der Waals surface area (Å²) in [6, 6.07) is 11.0. The van der Waals surface area contributed by atoms with Crippen LogP contribution in [0.1, 0.15) is 50.5 Å². The van der Waals surface area contributed by atoms with E-state index in [4.69, 9.17) is 14.6 Å². The summed E-state index contributed by atoms with van der Waals surface area (Å²) < 4.78 is 49.8. The van der Waals surface area contributed by atoms with Crippen LogP contribution in [0.5, 0.6) is 5.75 Å². The fraction of sp³-hybridized carbons (Fsp3) is 0.440. The second-order valence-electron chi connectivity index (χ2n) is 9.06. The van der Waals surface area contributed by atoms with Crippen molar-refractivity contribution in [3.8, 4) is 5.75 Å². The van der Waals surface area contributed by atoms with Crippen LogP contribution in [-0.2, 0) is 22.1 Å². The van der Waals surface area contributed by atoms with Gasteiger partial charge in [-0.25, -0.2) is 9.59 Å². The number of nitrogens with zero attached hydrogens (tertiary/aromatic N) is 1. The van der Waals surface area contributed by atoms with Gasteiger partial charge in [0.25, 0.3) is 0 Å². The zero-order valence-electron chi connectivity index (χ0n) is 20.0. The second-order valence-corrected chi connectivity index (χ2v) is 9.06. The Kier molecular flexibility index (Phi) is 9.14. The molecule has 2 aromatic carbocycles. The minimum Gasteiger partial charge on any atom is -0.479 e. The van der Waals surface area contributed by atoms with Crippen molar-refractivity contribution < 1.29 is 42.4 Å². The van der Waals surface area contributed by atoms with Gasteiger partial charge in [-0.1, -0.05) is 24.3 Å². The second kappa shape index (κ2) is 11.4. The molecule has 1 unspecified atom stereocenters. The Bertz CT molecular complexity index is 1000. The van der Waals surface area contributed by atoms with Crippen LogP contribution in [0.25, 0.3) is 0 Å². The molecule has 0 fully saturated rings. The summed E-state index contributed by atoms with van der Waals surface area (Å²) in [6.45, 7) is 6.31. The first kappa shape index (κ1) is 28.0. The molecule has 0 saturated carbocycles. The van der Waals surface area contributed by atoms with Gasteiger partial charge in [0.2, 0.25) is 0 Å². The first-order chi connectivity index (χ1) is 16.2. The van der Waals surface area contributed by atoms with Gasteiger partial charge in [-0.15, -0.1) is 0 Å². The maximum atomic E-state index is 13.0. The van der Waals surface area contributed by atoms with E-state index in [0.29, 0.717) is 12.2 Å². The van der Waals surface area contributed by atoms with Gasteiger partial charge in [-0.2, -0.15) is 13.2 Å². The number of aliphatic carboxylic acids is 1. The van der Waals surface area contributed by atoms with Crippen molar-refractivity contribution in [2.45, 2.75) is 58.1 Å². The number of hydrogen-bond acceptors (Lipinski definition) is 5. The van der Waals surface area contributed by atoms with Crippen LogP contribution in [0.4, 0.5) is 18.0 Å². The molecule has 0 aromatic heterocycles. The highest BCUT2D eigenvalue weighted by Gasteiger charge is 2.31. The van der Waals surface area contributed by atoms with Crippen LogP contribution in [0, 0.1) is 0 Å². The molecule has 0 aliphatic rings. The largest absolute Gasteiger partial charge is 0.479 e. The first-order valence-corrected chi connectivity index (χ1v) is 11.0. The van der Waals surface area contributed by atoms with Gasteiger partial charge in [0.1, 0.15) is 11.4 Å². The van der Waals surface area contributed by atoms with Gasteiger partial charge in [0.15, 0.2) is 6.10 Å². The van der Waals surface area contributed by atoms with E-state index in [2.05, 4.69) is 0 Å². The molecule has 2 rings (SSSR count). The summed E-state index contributed by atoms with van der Waals surface area (Å²) in [4.78, 5) is 24.9. The normalized spacial score (nSPS) is 13.6. The Morgan fingerprint density at radius 1 is 1.06 bits per heavy atom. The fourth-order valence-corrected chi connectivity index (χ4v) is 3.07. The smallest absolute Gasteiger partial charge is 0.416 e. The predicted molar refractivity (Wildman–Crippen MR) is 122 cm³/mol. The van der Waals surface area contributed by atoms with Crippen molar-refractivity contribution >= 4 is 12.1 Å². The van der Waals surface area contributed by atoms with E-state index >= 15 is 0 Å². The number of aliphatic hydroxyl groups is 1. The number of amides is 1. The number of rotatable bonds is 9. The average molecular weight is 498 g/mol. The maximum Gasteiger partial charge on any atom is 0.416 e. The summed E-state index contributed by atoms with van der Waals surface area (Å²) in [5.41, 5.74) is -0.877. The van der Waals surface area contributed by atoms with Crippen molar-refractivity contribution in [1.82, 2.24) is 4.90 Å². The highest BCUT2D eigenvalue weighted by atomic mass is 19.4. The van der Waals surface area contributed by atoms with Crippen molar-refractivity contribution in [1.29, 1.82) is 0 Å². The Balaban J connectivity index is 2.13. The van der Waals surface area contributed by atoms with Crippen LogP contribution < -0.4 is 4.74 Å². The lowest BCUT2D eigenvalue weighted by Gasteiger charge is -2.29. The minimum absolute atomic E-state index is 0.0300. The quantitative estimate of drug-likeness (QED) is 0.502. The molecule has 192 valence electrons. The summed E-state index contributed by atoms with van der Waals surface area (Å²) >= 11 is 0. The Labute approximate surface area is 202 Å². The van der Waals surface area contributed by atoms with Crippen LogP contribution in [0.2, 0.25) is 0 Å². The van der Waals surface area contributed by atoms with Crippen LogP contribution in [-0.4, -0.2) is 52.0 Å². The van der Waals surface area contributed by atoms with Gasteiger partial charge < -0.3 is 24.6 Å². The van der Waals surface area contributed by atoms with E-state index in [-0.39, 0.29) is 18.7 Å². The number of alkyl halides is 3. The third-order valence-corrected chi connectivity index (χ3v) is 4.90. The van der Waals surface area contributed by atoms with Gasteiger partial charge in [0.05, 0.1) is 18.2 Å².